The van der Waals surface area contributed by atoms with E-state index in [1.165, 1.54) is 24.3 Å². The Morgan fingerprint density at radius 1 is 0.688 bits per heavy atom. The maximum Gasteiger partial charge on any atom is 0.169 e. The van der Waals surface area contributed by atoms with Crippen LogP contribution < -0.4 is 0 Å². The van der Waals surface area contributed by atoms with Crippen LogP contribution in [0, 0.1) is 23.3 Å². The van der Waals surface area contributed by atoms with Crippen LogP contribution >= 0.6 is 0 Å². The summed E-state index contributed by atoms with van der Waals surface area (Å²) < 4.78 is 56.1. The lowest BCUT2D eigenvalue weighted by Gasteiger charge is -2.09. The highest BCUT2D eigenvalue weighted by molar-refractivity contribution is 5.66. The highest BCUT2D eigenvalue weighted by Gasteiger charge is 2.17. The Hall–Kier alpha value is -4.00. The number of hydrogen-bond acceptors (Lipinski definition) is 2. The average molecular weight is 433 g/mol. The molecule has 0 atom stereocenters. The van der Waals surface area contributed by atoms with Crippen LogP contribution in [0.3, 0.4) is 0 Å². The Bertz CT molecular complexity index is 1390. The number of pyridine rings is 1. The largest absolute Gasteiger partial charge is 0.348 e. The molecule has 0 amide bonds. The van der Waals surface area contributed by atoms with Gasteiger partial charge in [0.25, 0.3) is 0 Å². The van der Waals surface area contributed by atoms with Crippen LogP contribution in [-0.4, -0.2) is 14.5 Å². The third-order valence-corrected chi connectivity index (χ3v) is 5.19. The molecule has 3 aromatic carbocycles. The monoisotopic (exact) mass is 433 g/mol. The van der Waals surface area contributed by atoms with E-state index < -0.39 is 23.3 Å². The quantitative estimate of drug-likeness (QED) is 0.311. The van der Waals surface area contributed by atoms with Gasteiger partial charge >= 0.3 is 0 Å². The molecule has 0 saturated heterocycles. The van der Waals surface area contributed by atoms with Gasteiger partial charge in [0.15, 0.2) is 29.1 Å². The van der Waals surface area contributed by atoms with Gasteiger partial charge in [0.2, 0.25) is 0 Å². The molecule has 7 heteroatoms. The van der Waals surface area contributed by atoms with Gasteiger partial charge in [-0.15, -0.1) is 0 Å². The zero-order chi connectivity index (χ0) is 22.2. The molecule has 0 bridgehead atoms. The summed E-state index contributed by atoms with van der Waals surface area (Å²) in [5.74, 6) is -3.56. The van der Waals surface area contributed by atoms with Crippen LogP contribution in [0.2, 0.25) is 0 Å². The van der Waals surface area contributed by atoms with E-state index in [1.54, 1.807) is 12.3 Å². The minimum atomic E-state index is -0.975. The summed E-state index contributed by atoms with van der Waals surface area (Å²) in [5, 5.41) is 0. The Morgan fingerprint density at radius 2 is 1.44 bits per heavy atom. The number of nitrogens with zero attached hydrogens (tertiary/aromatic N) is 3. The van der Waals surface area contributed by atoms with E-state index in [0.29, 0.717) is 23.5 Å². The van der Waals surface area contributed by atoms with Crippen LogP contribution in [0.15, 0.2) is 79.1 Å². The minimum absolute atomic E-state index is 0.0144. The molecule has 158 valence electrons. The van der Waals surface area contributed by atoms with Crippen molar-refractivity contribution in [1.82, 2.24) is 14.5 Å². The first kappa shape index (κ1) is 19.9. The fourth-order valence-corrected chi connectivity index (χ4v) is 3.54. The third kappa shape index (κ3) is 3.73. The highest BCUT2D eigenvalue weighted by atomic mass is 19.2. The molecule has 5 rings (SSSR count). The van der Waals surface area contributed by atoms with Crippen molar-refractivity contribution in [3.05, 3.63) is 108 Å². The van der Waals surface area contributed by atoms with Crippen molar-refractivity contribution >= 4 is 0 Å². The Morgan fingerprint density at radius 3 is 2.22 bits per heavy atom. The van der Waals surface area contributed by atoms with Gasteiger partial charge in [0.05, 0.1) is 11.3 Å². The first-order valence-corrected chi connectivity index (χ1v) is 9.80. The summed E-state index contributed by atoms with van der Waals surface area (Å²) in [4.78, 5) is 8.65. The molecule has 0 aliphatic carbocycles. The van der Waals surface area contributed by atoms with Gasteiger partial charge < -0.3 is 4.57 Å². The SMILES string of the molecule is Fc1ccc(-c2ccc(Cn3ccc4nc(-c5cccc(F)c5F)nc-4c3)cc2)cc1F. The van der Waals surface area contributed by atoms with E-state index in [-0.39, 0.29) is 11.4 Å². The standard InChI is InChI=1S/C25H15F4N3/c26-19-9-8-17(12-21(19)28)16-6-4-15(5-7-16)13-32-11-10-22-23(14-32)31-25(30-22)18-2-1-3-20(27)24(18)29/h1-12,14H,13H2. The smallest absolute Gasteiger partial charge is 0.169 e. The van der Waals surface area contributed by atoms with Crippen LogP contribution in [0.1, 0.15) is 5.56 Å². The molecule has 32 heavy (non-hydrogen) atoms. The predicted molar refractivity (Wildman–Crippen MR) is 113 cm³/mol. The second-order valence-electron chi connectivity index (χ2n) is 7.36. The van der Waals surface area contributed by atoms with Gasteiger partial charge in [0.1, 0.15) is 5.69 Å². The van der Waals surface area contributed by atoms with E-state index in [2.05, 4.69) is 9.97 Å². The Labute approximate surface area is 181 Å². The minimum Gasteiger partial charge on any atom is -0.348 e. The first-order valence-electron chi connectivity index (χ1n) is 9.80. The van der Waals surface area contributed by atoms with Crippen LogP contribution in [0.25, 0.3) is 33.9 Å². The van der Waals surface area contributed by atoms with Gasteiger partial charge in [-0.25, -0.2) is 27.5 Å². The lowest BCUT2D eigenvalue weighted by atomic mass is 10.0. The number of fused-ring (bicyclic) bond motifs is 1. The van der Waals surface area contributed by atoms with Gasteiger partial charge in [-0.3, -0.25) is 0 Å². The summed E-state index contributed by atoms with van der Waals surface area (Å²) in [7, 11) is 0. The van der Waals surface area contributed by atoms with E-state index >= 15 is 0 Å². The summed E-state index contributed by atoms with van der Waals surface area (Å²) >= 11 is 0. The van der Waals surface area contributed by atoms with E-state index in [9.17, 15) is 17.6 Å². The van der Waals surface area contributed by atoms with Crippen molar-refractivity contribution in [2.75, 3.05) is 0 Å². The summed E-state index contributed by atoms with van der Waals surface area (Å²) in [6.45, 7) is 0.532. The second-order valence-corrected chi connectivity index (χ2v) is 7.36. The van der Waals surface area contributed by atoms with Crippen LogP contribution in [0.5, 0.6) is 0 Å². The normalized spacial score (nSPS) is 11.2. The van der Waals surface area contributed by atoms with Gasteiger partial charge in [0, 0.05) is 18.9 Å². The zero-order valence-corrected chi connectivity index (χ0v) is 16.6. The van der Waals surface area contributed by atoms with Gasteiger partial charge in [-0.1, -0.05) is 36.4 Å². The molecule has 0 unspecified atom stereocenters. The molecule has 2 aliphatic heterocycles. The van der Waals surface area contributed by atoms with E-state index in [4.69, 9.17) is 0 Å². The molecule has 3 aromatic rings. The van der Waals surface area contributed by atoms with Crippen molar-refractivity contribution in [3.8, 4) is 33.9 Å². The number of halogens is 4. The second kappa shape index (κ2) is 7.92. The average Bonchev–Trinajstić information content (AvgIpc) is 3.21. The Kier molecular flexibility index (Phi) is 4.93. The molecule has 3 nitrogen and oxygen atoms in total. The van der Waals surface area contributed by atoms with Crippen LogP contribution in [-0.2, 0) is 6.54 Å². The molecular weight excluding hydrogens is 418 g/mol. The highest BCUT2D eigenvalue weighted by Crippen LogP contribution is 2.28. The van der Waals surface area contributed by atoms with Crippen molar-refractivity contribution in [3.63, 3.8) is 0 Å². The molecule has 2 aliphatic rings. The number of rotatable bonds is 4. The molecular formula is C25H15F4N3. The van der Waals surface area contributed by atoms with Crippen molar-refractivity contribution < 1.29 is 17.6 Å². The van der Waals surface area contributed by atoms with Gasteiger partial charge in [-0.2, -0.15) is 0 Å². The number of imidazole rings is 1. The molecule has 0 aromatic heterocycles. The topological polar surface area (TPSA) is 30.7 Å². The number of hydrogen-bond donors (Lipinski definition) is 0. The number of aromatic nitrogens is 3. The summed E-state index contributed by atoms with van der Waals surface area (Å²) in [6.07, 6.45) is 3.61. The first-order chi connectivity index (χ1) is 15.5. The predicted octanol–water partition coefficient (Wildman–Crippen LogP) is 6.32. The fraction of sp³-hybridized carbons (Fsp3) is 0.0400. The lowest BCUT2D eigenvalue weighted by molar-refractivity contribution is 0.509. The summed E-state index contributed by atoms with van der Waals surface area (Å²) in [5.41, 5.74) is 3.50. The molecule has 0 saturated carbocycles. The maximum atomic E-state index is 14.1. The lowest BCUT2D eigenvalue weighted by Crippen LogP contribution is -2.00. The van der Waals surface area contributed by atoms with Crippen LogP contribution in [0.4, 0.5) is 17.6 Å². The zero-order valence-electron chi connectivity index (χ0n) is 16.6. The molecule has 0 spiro atoms. The molecule has 0 fully saturated rings. The number of benzene rings is 3. The molecule has 0 radical (unpaired) electrons. The Balaban J connectivity index is 1.39. The van der Waals surface area contributed by atoms with Crippen molar-refractivity contribution in [2.24, 2.45) is 0 Å². The fourth-order valence-electron chi connectivity index (χ4n) is 3.54. The van der Waals surface area contributed by atoms with Crippen molar-refractivity contribution in [1.29, 1.82) is 0 Å². The summed E-state index contributed by atoms with van der Waals surface area (Å²) in [6, 6.07) is 17.0. The van der Waals surface area contributed by atoms with E-state index in [0.717, 1.165) is 23.3 Å². The molecule has 2 heterocycles. The van der Waals surface area contributed by atoms with E-state index in [1.807, 2.05) is 35.0 Å². The van der Waals surface area contributed by atoms with Crippen molar-refractivity contribution in [2.45, 2.75) is 6.54 Å². The molecule has 0 N–H and O–H groups in total. The maximum absolute atomic E-state index is 14.1. The third-order valence-electron chi connectivity index (χ3n) is 5.19. The van der Waals surface area contributed by atoms with Gasteiger partial charge in [-0.05, 0) is 47.0 Å².